The molecule has 2 rings (SSSR count). The second-order valence-corrected chi connectivity index (χ2v) is 6.87. The van der Waals surface area contributed by atoms with Crippen molar-refractivity contribution >= 4 is 34.8 Å². The molecule has 0 fully saturated rings. The maximum absolute atomic E-state index is 12.8. The molecule has 2 aromatic rings. The van der Waals surface area contributed by atoms with E-state index in [1.165, 1.54) is 0 Å². The summed E-state index contributed by atoms with van der Waals surface area (Å²) in [4.78, 5) is 24.7. The van der Waals surface area contributed by atoms with Crippen molar-refractivity contribution in [3.8, 4) is 0 Å². The fraction of sp³-hybridized carbons (Fsp3) is 0.263. The first-order chi connectivity index (χ1) is 13.0. The van der Waals surface area contributed by atoms with Crippen LogP contribution in [0, 0.1) is 6.92 Å². The van der Waals surface area contributed by atoms with Gasteiger partial charge in [-0.1, -0.05) is 29.3 Å². The number of carbonyl (C=O) groups excluding carboxylic acids is 2. The topological polar surface area (TPSA) is 62.6 Å². The summed E-state index contributed by atoms with van der Waals surface area (Å²) in [5.41, 5.74) is 0.665. The van der Waals surface area contributed by atoms with Crippen LogP contribution in [0.4, 0.5) is 24.5 Å². The van der Waals surface area contributed by atoms with Crippen LogP contribution in [-0.2, 0) is 15.8 Å². The van der Waals surface area contributed by atoms with E-state index in [1.54, 1.807) is 19.2 Å². The van der Waals surface area contributed by atoms with E-state index >= 15 is 0 Å². The Morgan fingerprint density at radius 1 is 1.00 bits per heavy atom. The van der Waals surface area contributed by atoms with E-state index in [1.807, 2.05) is 19.1 Å². The molecular weight excluding hydrogens is 395 g/mol. The van der Waals surface area contributed by atoms with Gasteiger partial charge in [-0.2, -0.15) is 13.2 Å². The summed E-state index contributed by atoms with van der Waals surface area (Å²) in [6.45, 7) is 1.82. The first-order valence-electron chi connectivity index (χ1n) is 8.39. The highest BCUT2D eigenvalue weighted by atomic mass is 35.5. The molecule has 2 aromatic carbocycles. The second kappa shape index (κ2) is 9.07. The monoisotopic (exact) mass is 414 g/mol. The molecule has 1 atom stereocenters. The number of quaternary nitrogens is 1. The summed E-state index contributed by atoms with van der Waals surface area (Å²) in [5.74, 6) is -0.840. The van der Waals surface area contributed by atoms with Crippen molar-refractivity contribution in [2.75, 3.05) is 30.8 Å². The Labute approximate surface area is 165 Å². The van der Waals surface area contributed by atoms with Gasteiger partial charge in [0.1, 0.15) is 0 Å². The van der Waals surface area contributed by atoms with E-state index in [0.717, 1.165) is 23.8 Å². The molecule has 28 heavy (non-hydrogen) atoms. The number of alkyl halides is 3. The first kappa shape index (κ1) is 21.7. The third-order valence-corrected chi connectivity index (χ3v) is 4.16. The van der Waals surface area contributed by atoms with Crippen LogP contribution in [0.25, 0.3) is 0 Å². The summed E-state index contributed by atoms with van der Waals surface area (Å²) < 4.78 is 38.4. The molecule has 0 bridgehead atoms. The van der Waals surface area contributed by atoms with E-state index in [4.69, 9.17) is 11.6 Å². The maximum Gasteiger partial charge on any atom is 0.416 e. The van der Waals surface area contributed by atoms with Gasteiger partial charge in [-0.3, -0.25) is 9.59 Å². The molecule has 0 aromatic heterocycles. The molecule has 5 nitrogen and oxygen atoms in total. The molecule has 9 heteroatoms. The van der Waals surface area contributed by atoms with E-state index in [9.17, 15) is 22.8 Å². The number of nitrogens with one attached hydrogen (secondary N) is 3. The molecule has 0 heterocycles. The Morgan fingerprint density at radius 2 is 1.57 bits per heavy atom. The third-order valence-electron chi connectivity index (χ3n) is 3.83. The van der Waals surface area contributed by atoms with Crippen LogP contribution in [0.5, 0.6) is 0 Å². The van der Waals surface area contributed by atoms with Crippen LogP contribution < -0.4 is 15.5 Å². The number of hydrogen-bond acceptors (Lipinski definition) is 2. The molecule has 0 aliphatic heterocycles. The number of hydrogen-bond donors (Lipinski definition) is 3. The van der Waals surface area contributed by atoms with Crippen molar-refractivity contribution in [1.29, 1.82) is 0 Å². The molecular formula is C19H20ClF3N3O2+. The lowest BCUT2D eigenvalue weighted by molar-refractivity contribution is -0.862. The minimum Gasteiger partial charge on any atom is -0.322 e. The molecule has 0 saturated carbocycles. The van der Waals surface area contributed by atoms with E-state index in [0.29, 0.717) is 10.6 Å². The van der Waals surface area contributed by atoms with Crippen molar-refractivity contribution in [3.05, 3.63) is 58.6 Å². The second-order valence-electron chi connectivity index (χ2n) is 6.47. The van der Waals surface area contributed by atoms with Crippen LogP contribution in [0.15, 0.2) is 42.5 Å². The summed E-state index contributed by atoms with van der Waals surface area (Å²) in [7, 11) is 1.63. The molecule has 150 valence electrons. The molecule has 3 N–H and O–H groups in total. The number of carbonyl (C=O) groups is 2. The van der Waals surface area contributed by atoms with Gasteiger partial charge in [-0.05, 0) is 37.3 Å². The number of aryl methyl sites for hydroxylation is 1. The number of benzene rings is 2. The number of halogens is 4. The lowest BCUT2D eigenvalue weighted by Crippen LogP contribution is -3.11. The Morgan fingerprint density at radius 3 is 2.14 bits per heavy atom. The van der Waals surface area contributed by atoms with Gasteiger partial charge in [0.2, 0.25) is 0 Å². The minimum atomic E-state index is -4.54. The SMILES string of the molecule is Cc1ccc(NC(=O)C[NH+](C)CC(=O)Nc2cc(C(F)(F)F)ccc2Cl)cc1. The average molecular weight is 415 g/mol. The Balaban J connectivity index is 1.90. The molecule has 0 spiro atoms. The zero-order valence-electron chi connectivity index (χ0n) is 15.3. The molecule has 0 aliphatic rings. The molecule has 1 unspecified atom stereocenters. The van der Waals surface area contributed by atoms with Crippen molar-refractivity contribution in [2.24, 2.45) is 0 Å². The van der Waals surface area contributed by atoms with Crippen molar-refractivity contribution < 1.29 is 27.7 Å². The number of rotatable bonds is 6. The smallest absolute Gasteiger partial charge is 0.322 e. The lowest BCUT2D eigenvalue weighted by atomic mass is 10.2. The van der Waals surface area contributed by atoms with Crippen LogP contribution in [0.1, 0.15) is 11.1 Å². The van der Waals surface area contributed by atoms with E-state index in [-0.39, 0.29) is 29.7 Å². The summed E-state index contributed by atoms with van der Waals surface area (Å²) in [5, 5.41) is 5.07. The minimum absolute atomic E-state index is 0.00360. The van der Waals surface area contributed by atoms with Crippen LogP contribution >= 0.6 is 11.6 Å². The zero-order chi connectivity index (χ0) is 20.9. The first-order valence-corrected chi connectivity index (χ1v) is 8.77. The van der Waals surface area contributed by atoms with Crippen LogP contribution in [-0.4, -0.2) is 32.0 Å². The van der Waals surface area contributed by atoms with Crippen LogP contribution in [0.2, 0.25) is 5.02 Å². The quantitative estimate of drug-likeness (QED) is 0.680. The predicted octanol–water partition coefficient (Wildman–Crippen LogP) is 2.76. The van der Waals surface area contributed by atoms with Gasteiger partial charge in [0.25, 0.3) is 11.8 Å². The van der Waals surface area contributed by atoms with Gasteiger partial charge in [0.05, 0.1) is 23.3 Å². The highest BCUT2D eigenvalue weighted by Gasteiger charge is 2.31. The van der Waals surface area contributed by atoms with Gasteiger partial charge in [-0.25, -0.2) is 0 Å². The summed E-state index contributed by atoms with van der Waals surface area (Å²) in [6, 6.07) is 9.95. The summed E-state index contributed by atoms with van der Waals surface area (Å²) in [6.07, 6.45) is -4.54. The van der Waals surface area contributed by atoms with Gasteiger partial charge < -0.3 is 15.5 Å². The standard InChI is InChI=1S/C19H19ClF3N3O2/c1-12-3-6-14(7-4-12)24-17(27)10-26(2)11-18(28)25-16-9-13(19(21,22)23)5-8-15(16)20/h3-9H,10-11H2,1-2H3,(H,24,27)(H,25,28)/p+1. The fourth-order valence-corrected chi connectivity index (χ4v) is 2.61. The largest absolute Gasteiger partial charge is 0.416 e. The number of amides is 2. The zero-order valence-corrected chi connectivity index (χ0v) is 16.0. The van der Waals surface area contributed by atoms with Gasteiger partial charge in [0.15, 0.2) is 13.1 Å². The average Bonchev–Trinajstić information content (AvgIpc) is 2.57. The Hall–Kier alpha value is -2.58. The van der Waals surface area contributed by atoms with Crippen LogP contribution in [0.3, 0.4) is 0 Å². The highest BCUT2D eigenvalue weighted by molar-refractivity contribution is 6.33. The van der Waals surface area contributed by atoms with Crippen molar-refractivity contribution in [1.82, 2.24) is 0 Å². The number of likely N-dealkylation sites (N-methyl/N-ethyl adjacent to an activating group) is 1. The van der Waals surface area contributed by atoms with Gasteiger partial charge in [-0.15, -0.1) is 0 Å². The van der Waals surface area contributed by atoms with Crippen molar-refractivity contribution in [3.63, 3.8) is 0 Å². The lowest BCUT2D eigenvalue weighted by Gasteiger charge is -2.15. The Bertz CT molecular complexity index is 854. The maximum atomic E-state index is 12.8. The highest BCUT2D eigenvalue weighted by Crippen LogP contribution is 2.33. The van der Waals surface area contributed by atoms with Gasteiger partial charge >= 0.3 is 6.18 Å². The predicted molar refractivity (Wildman–Crippen MR) is 102 cm³/mol. The fourth-order valence-electron chi connectivity index (χ4n) is 2.44. The van der Waals surface area contributed by atoms with E-state index < -0.39 is 17.6 Å². The normalized spacial score (nSPS) is 12.4. The van der Waals surface area contributed by atoms with Gasteiger partial charge in [0, 0.05) is 5.69 Å². The third kappa shape index (κ3) is 6.54. The molecule has 0 saturated heterocycles. The number of anilines is 2. The Kier molecular flexibility index (Phi) is 7.04. The molecule has 0 radical (unpaired) electrons. The summed E-state index contributed by atoms with van der Waals surface area (Å²) >= 11 is 5.86. The molecule has 2 amide bonds. The van der Waals surface area contributed by atoms with E-state index in [2.05, 4.69) is 10.6 Å². The molecule has 0 aliphatic carbocycles. The van der Waals surface area contributed by atoms with Crippen molar-refractivity contribution in [2.45, 2.75) is 13.1 Å².